The molecule has 7 nitrogen and oxygen atoms in total. The number of amides is 1. The number of ether oxygens (including phenoxy) is 1. The number of rotatable bonds is 2. The van der Waals surface area contributed by atoms with Crippen LogP contribution < -0.4 is 9.64 Å². The zero-order valence-electron chi connectivity index (χ0n) is 15.7. The minimum Gasteiger partial charge on any atom is -0.484 e. The first kappa shape index (κ1) is 17.5. The summed E-state index contributed by atoms with van der Waals surface area (Å²) >= 11 is 0. The van der Waals surface area contributed by atoms with E-state index in [1.54, 1.807) is 22.1 Å². The highest BCUT2D eigenvalue weighted by Crippen LogP contribution is 2.39. The fraction of sp³-hybridized carbons (Fsp3) is 0.400. The van der Waals surface area contributed by atoms with Gasteiger partial charge in [0.05, 0.1) is 29.8 Å². The largest absolute Gasteiger partial charge is 0.484 e. The summed E-state index contributed by atoms with van der Waals surface area (Å²) < 4.78 is 6.20. The lowest BCUT2D eigenvalue weighted by Crippen LogP contribution is -2.45. The van der Waals surface area contributed by atoms with E-state index >= 15 is 0 Å². The summed E-state index contributed by atoms with van der Waals surface area (Å²) in [6.45, 7) is 2.74. The van der Waals surface area contributed by atoms with Crippen LogP contribution in [-0.2, 0) is 0 Å². The maximum atomic E-state index is 13.0. The zero-order chi connectivity index (χ0) is 19.2. The average Bonchev–Trinajstić information content (AvgIpc) is 3.04. The van der Waals surface area contributed by atoms with E-state index in [1.165, 1.54) is 0 Å². The summed E-state index contributed by atoms with van der Waals surface area (Å²) in [5.41, 5.74) is 1.11. The maximum absolute atomic E-state index is 13.0. The van der Waals surface area contributed by atoms with Gasteiger partial charge >= 0.3 is 0 Å². The minimum atomic E-state index is -0.639. The molecule has 1 atom stereocenters. The van der Waals surface area contributed by atoms with Crippen molar-refractivity contribution in [3.63, 3.8) is 0 Å². The van der Waals surface area contributed by atoms with Gasteiger partial charge in [0.15, 0.2) is 5.78 Å². The van der Waals surface area contributed by atoms with Crippen LogP contribution in [0.25, 0.3) is 0 Å². The number of hydrogen-bond acceptors (Lipinski definition) is 6. The van der Waals surface area contributed by atoms with Crippen LogP contribution >= 0.6 is 0 Å². The molecule has 2 aromatic rings. The van der Waals surface area contributed by atoms with Crippen LogP contribution in [0.15, 0.2) is 30.5 Å². The Labute approximate surface area is 158 Å². The number of para-hydroxylation sites is 1. The third-order valence-corrected chi connectivity index (χ3v) is 5.20. The maximum Gasteiger partial charge on any atom is 0.257 e. The number of nitrogens with zero attached hydrogens (tertiary/aromatic N) is 4. The number of Topliss-reactive ketones (excluding diaryl/α,β-unsaturated/α-hetero) is 1. The van der Waals surface area contributed by atoms with Crippen molar-refractivity contribution in [2.45, 2.75) is 25.4 Å². The molecular weight excluding hydrogens is 344 g/mol. The molecular formula is C20H22N4O3. The van der Waals surface area contributed by atoms with Crippen LogP contribution in [-0.4, -0.2) is 59.3 Å². The van der Waals surface area contributed by atoms with Gasteiger partial charge < -0.3 is 14.5 Å². The molecule has 1 spiro atoms. The van der Waals surface area contributed by atoms with Crippen LogP contribution in [0.2, 0.25) is 0 Å². The van der Waals surface area contributed by atoms with Gasteiger partial charge in [0.1, 0.15) is 11.4 Å². The number of aryl methyl sites for hydroxylation is 1. The van der Waals surface area contributed by atoms with Crippen molar-refractivity contribution < 1.29 is 14.3 Å². The molecule has 2 aliphatic heterocycles. The molecule has 1 aromatic carbocycles. The summed E-state index contributed by atoms with van der Waals surface area (Å²) in [6.07, 6.45) is 2.50. The molecule has 1 aromatic heterocycles. The number of benzene rings is 1. The molecule has 140 valence electrons. The van der Waals surface area contributed by atoms with Gasteiger partial charge in [-0.2, -0.15) is 0 Å². The van der Waals surface area contributed by atoms with Gasteiger partial charge in [-0.15, -0.1) is 0 Å². The molecule has 3 heterocycles. The molecule has 0 N–H and O–H groups in total. The van der Waals surface area contributed by atoms with E-state index in [0.717, 1.165) is 0 Å². The normalized spacial score (nSPS) is 21.1. The lowest BCUT2D eigenvalue weighted by Gasteiger charge is -2.34. The van der Waals surface area contributed by atoms with E-state index in [2.05, 4.69) is 9.97 Å². The molecule has 1 amide bonds. The highest BCUT2D eigenvalue weighted by Gasteiger charge is 2.47. The number of anilines is 1. The fourth-order valence-electron chi connectivity index (χ4n) is 3.74. The van der Waals surface area contributed by atoms with Gasteiger partial charge in [0, 0.05) is 33.3 Å². The van der Waals surface area contributed by atoms with E-state index in [9.17, 15) is 9.59 Å². The van der Waals surface area contributed by atoms with Gasteiger partial charge in [-0.1, -0.05) is 12.1 Å². The van der Waals surface area contributed by atoms with Crippen LogP contribution in [0.3, 0.4) is 0 Å². The minimum absolute atomic E-state index is 0.0704. The number of fused-ring (bicyclic) bond motifs is 1. The van der Waals surface area contributed by atoms with E-state index in [0.29, 0.717) is 54.4 Å². The SMILES string of the molecule is Cc1nc(N(C)C)ncc1C(=O)N1CC[C@@]2(CC(=O)c3ccccc3O2)C1. The van der Waals surface area contributed by atoms with Crippen molar-refractivity contribution >= 4 is 17.6 Å². The van der Waals surface area contributed by atoms with Gasteiger partial charge in [-0.3, -0.25) is 9.59 Å². The van der Waals surface area contributed by atoms with Crippen LogP contribution in [0.1, 0.15) is 39.3 Å². The molecule has 4 rings (SSSR count). The molecule has 0 radical (unpaired) electrons. The van der Waals surface area contributed by atoms with E-state index in [1.807, 2.05) is 39.2 Å². The smallest absolute Gasteiger partial charge is 0.257 e. The van der Waals surface area contributed by atoms with Crippen molar-refractivity contribution in [3.8, 4) is 5.75 Å². The molecule has 0 bridgehead atoms. The number of hydrogen-bond donors (Lipinski definition) is 0. The lowest BCUT2D eigenvalue weighted by molar-refractivity contribution is 0.0428. The Hall–Kier alpha value is -2.96. The predicted octanol–water partition coefficient (Wildman–Crippen LogP) is 2.10. The quantitative estimate of drug-likeness (QED) is 0.810. The molecule has 1 fully saturated rings. The first-order valence-electron chi connectivity index (χ1n) is 9.00. The second-order valence-corrected chi connectivity index (χ2v) is 7.42. The van der Waals surface area contributed by atoms with Crippen molar-refractivity contribution in [1.29, 1.82) is 0 Å². The Morgan fingerprint density at radius 2 is 2.07 bits per heavy atom. The molecule has 0 unspecified atom stereocenters. The fourth-order valence-corrected chi connectivity index (χ4v) is 3.74. The van der Waals surface area contributed by atoms with Crippen molar-refractivity contribution in [3.05, 3.63) is 47.3 Å². The Morgan fingerprint density at radius 1 is 1.30 bits per heavy atom. The van der Waals surface area contributed by atoms with Crippen molar-refractivity contribution in [2.24, 2.45) is 0 Å². The Balaban J connectivity index is 1.55. The number of likely N-dealkylation sites (tertiary alicyclic amines) is 1. The zero-order valence-corrected chi connectivity index (χ0v) is 15.7. The Bertz CT molecular complexity index is 927. The summed E-state index contributed by atoms with van der Waals surface area (Å²) in [6, 6.07) is 7.30. The number of carbonyl (C=O) groups excluding carboxylic acids is 2. The van der Waals surface area contributed by atoms with Crippen LogP contribution in [0.5, 0.6) is 5.75 Å². The van der Waals surface area contributed by atoms with Crippen LogP contribution in [0, 0.1) is 6.92 Å². The molecule has 1 saturated heterocycles. The summed E-state index contributed by atoms with van der Waals surface area (Å²) in [4.78, 5) is 37.7. The number of carbonyl (C=O) groups is 2. The second kappa shape index (κ2) is 6.33. The third kappa shape index (κ3) is 3.03. The van der Waals surface area contributed by atoms with Gasteiger partial charge in [-0.25, -0.2) is 9.97 Å². The highest BCUT2D eigenvalue weighted by atomic mass is 16.5. The topological polar surface area (TPSA) is 75.6 Å². The molecule has 0 saturated carbocycles. The lowest BCUT2D eigenvalue weighted by atomic mass is 9.89. The summed E-state index contributed by atoms with van der Waals surface area (Å²) in [7, 11) is 3.71. The number of ketones is 1. The second-order valence-electron chi connectivity index (χ2n) is 7.42. The first-order chi connectivity index (χ1) is 12.9. The predicted molar refractivity (Wildman–Crippen MR) is 100 cm³/mol. The molecule has 0 aliphatic carbocycles. The Kier molecular flexibility index (Phi) is 4.09. The van der Waals surface area contributed by atoms with Gasteiger partial charge in [-0.05, 0) is 19.1 Å². The third-order valence-electron chi connectivity index (χ3n) is 5.20. The standard InChI is InChI=1S/C20H22N4O3/c1-13-15(11-21-19(22-13)23(2)3)18(26)24-9-8-20(12-24)10-16(25)14-6-4-5-7-17(14)27-20/h4-7,11H,8-10,12H2,1-3H3/t20-/m1/s1. The summed E-state index contributed by atoms with van der Waals surface area (Å²) in [5, 5.41) is 0. The molecule has 27 heavy (non-hydrogen) atoms. The number of aromatic nitrogens is 2. The van der Waals surface area contributed by atoms with E-state index in [-0.39, 0.29) is 11.7 Å². The Morgan fingerprint density at radius 3 is 2.81 bits per heavy atom. The van der Waals surface area contributed by atoms with E-state index in [4.69, 9.17) is 4.74 Å². The van der Waals surface area contributed by atoms with Crippen molar-refractivity contribution in [2.75, 3.05) is 32.1 Å². The molecule has 7 heteroatoms. The monoisotopic (exact) mass is 366 g/mol. The van der Waals surface area contributed by atoms with E-state index < -0.39 is 5.60 Å². The first-order valence-corrected chi connectivity index (χ1v) is 9.00. The van der Waals surface area contributed by atoms with Crippen molar-refractivity contribution in [1.82, 2.24) is 14.9 Å². The van der Waals surface area contributed by atoms with Gasteiger partial charge in [0.2, 0.25) is 5.95 Å². The van der Waals surface area contributed by atoms with Gasteiger partial charge in [0.25, 0.3) is 5.91 Å². The summed E-state index contributed by atoms with van der Waals surface area (Å²) in [5.74, 6) is 1.13. The molecule has 2 aliphatic rings. The highest BCUT2D eigenvalue weighted by molar-refractivity contribution is 6.00. The van der Waals surface area contributed by atoms with Crippen LogP contribution in [0.4, 0.5) is 5.95 Å². The average molecular weight is 366 g/mol.